The first kappa shape index (κ1) is 12.4. The maximum Gasteiger partial charge on any atom is 0.137 e. The molecule has 3 rings (SSSR count). The summed E-state index contributed by atoms with van der Waals surface area (Å²) in [5, 5.41) is 9.30. The normalized spacial score (nSPS) is 12.2. The van der Waals surface area contributed by atoms with E-state index in [0.717, 1.165) is 22.6 Å². The average molecular weight is 261 g/mol. The molecular weight excluding hydrogens is 246 g/mol. The molecule has 0 fully saturated rings. The minimum absolute atomic E-state index is 0.206. The number of fused-ring (bicyclic) bond motifs is 1. The second-order valence-corrected chi connectivity index (χ2v) is 4.99. The maximum atomic E-state index is 9.30. The molecule has 0 bridgehead atoms. The Morgan fingerprint density at radius 1 is 1.20 bits per heavy atom. The SMILES string of the molecule is Cc1ccn2c(C(C)C#N)c(-c3ccccc3)nc2c1. The Balaban J connectivity index is 2.34. The Bertz CT molecular complexity index is 794. The van der Waals surface area contributed by atoms with E-state index in [2.05, 4.69) is 6.07 Å². The van der Waals surface area contributed by atoms with Gasteiger partial charge in [-0.1, -0.05) is 30.3 Å². The third-order valence-corrected chi connectivity index (χ3v) is 3.47. The predicted octanol–water partition coefficient (Wildman–Crippen LogP) is 3.94. The number of nitrogens with zero attached hydrogens (tertiary/aromatic N) is 3. The molecule has 1 atom stereocenters. The van der Waals surface area contributed by atoms with Crippen molar-refractivity contribution >= 4 is 5.65 Å². The van der Waals surface area contributed by atoms with Gasteiger partial charge in [0.25, 0.3) is 0 Å². The lowest BCUT2D eigenvalue weighted by Crippen LogP contribution is -1.98. The van der Waals surface area contributed by atoms with E-state index in [-0.39, 0.29) is 5.92 Å². The van der Waals surface area contributed by atoms with Gasteiger partial charge in [0.05, 0.1) is 23.4 Å². The molecule has 1 unspecified atom stereocenters. The number of aromatic nitrogens is 2. The van der Waals surface area contributed by atoms with Gasteiger partial charge in [-0.15, -0.1) is 0 Å². The van der Waals surface area contributed by atoms with Crippen LogP contribution in [-0.2, 0) is 0 Å². The first-order valence-electron chi connectivity index (χ1n) is 6.64. The van der Waals surface area contributed by atoms with Crippen LogP contribution >= 0.6 is 0 Å². The minimum atomic E-state index is -0.206. The van der Waals surface area contributed by atoms with Crippen LogP contribution in [0.25, 0.3) is 16.9 Å². The molecule has 0 aliphatic rings. The van der Waals surface area contributed by atoms with Crippen molar-refractivity contribution in [2.45, 2.75) is 19.8 Å². The van der Waals surface area contributed by atoms with Crippen molar-refractivity contribution in [3.05, 3.63) is 59.9 Å². The summed E-state index contributed by atoms with van der Waals surface area (Å²) in [6.07, 6.45) is 1.99. The van der Waals surface area contributed by atoms with Crippen LogP contribution in [0, 0.1) is 18.3 Å². The molecule has 3 heteroatoms. The van der Waals surface area contributed by atoms with Gasteiger partial charge in [-0.3, -0.25) is 0 Å². The van der Waals surface area contributed by atoms with Crippen molar-refractivity contribution in [3.63, 3.8) is 0 Å². The van der Waals surface area contributed by atoms with Crippen molar-refractivity contribution in [1.29, 1.82) is 5.26 Å². The molecule has 0 N–H and O–H groups in total. The maximum absolute atomic E-state index is 9.30. The molecule has 0 aliphatic heterocycles. The predicted molar refractivity (Wildman–Crippen MR) is 79.4 cm³/mol. The molecule has 0 saturated heterocycles. The molecule has 0 saturated carbocycles. The van der Waals surface area contributed by atoms with E-state index in [1.54, 1.807) is 0 Å². The van der Waals surface area contributed by atoms with Crippen molar-refractivity contribution < 1.29 is 0 Å². The Morgan fingerprint density at radius 2 is 1.95 bits per heavy atom. The number of hydrogen-bond acceptors (Lipinski definition) is 2. The summed E-state index contributed by atoms with van der Waals surface area (Å²) >= 11 is 0. The average Bonchev–Trinajstić information content (AvgIpc) is 2.85. The van der Waals surface area contributed by atoms with E-state index in [0.29, 0.717) is 0 Å². The fraction of sp³-hybridized carbons (Fsp3) is 0.176. The number of hydrogen-bond donors (Lipinski definition) is 0. The zero-order valence-electron chi connectivity index (χ0n) is 11.5. The summed E-state index contributed by atoms with van der Waals surface area (Å²) < 4.78 is 2.02. The van der Waals surface area contributed by atoms with Crippen LogP contribution < -0.4 is 0 Å². The lowest BCUT2D eigenvalue weighted by Gasteiger charge is -2.06. The van der Waals surface area contributed by atoms with Crippen LogP contribution in [0.3, 0.4) is 0 Å². The van der Waals surface area contributed by atoms with Gasteiger partial charge in [0, 0.05) is 11.8 Å². The van der Waals surface area contributed by atoms with Crippen molar-refractivity contribution in [3.8, 4) is 17.3 Å². The van der Waals surface area contributed by atoms with Gasteiger partial charge in [0.15, 0.2) is 0 Å². The van der Waals surface area contributed by atoms with Gasteiger partial charge in [-0.25, -0.2) is 4.98 Å². The third kappa shape index (κ3) is 1.96. The van der Waals surface area contributed by atoms with Crippen LogP contribution in [0.1, 0.15) is 24.1 Å². The van der Waals surface area contributed by atoms with Gasteiger partial charge in [0.2, 0.25) is 0 Å². The van der Waals surface area contributed by atoms with E-state index in [1.165, 1.54) is 5.56 Å². The van der Waals surface area contributed by atoms with Gasteiger partial charge in [0.1, 0.15) is 5.65 Å². The first-order chi connectivity index (χ1) is 9.70. The van der Waals surface area contributed by atoms with Gasteiger partial charge >= 0.3 is 0 Å². The number of benzene rings is 1. The zero-order chi connectivity index (χ0) is 14.1. The molecule has 3 aromatic rings. The summed E-state index contributed by atoms with van der Waals surface area (Å²) in [4.78, 5) is 4.72. The highest BCUT2D eigenvalue weighted by Crippen LogP contribution is 2.29. The molecule has 20 heavy (non-hydrogen) atoms. The van der Waals surface area contributed by atoms with Gasteiger partial charge < -0.3 is 4.40 Å². The van der Waals surface area contributed by atoms with Crippen LogP contribution in [-0.4, -0.2) is 9.38 Å². The monoisotopic (exact) mass is 261 g/mol. The molecule has 0 aliphatic carbocycles. The topological polar surface area (TPSA) is 41.1 Å². The zero-order valence-corrected chi connectivity index (χ0v) is 11.5. The highest BCUT2D eigenvalue weighted by atomic mass is 15.0. The smallest absolute Gasteiger partial charge is 0.137 e. The van der Waals surface area contributed by atoms with E-state index >= 15 is 0 Å². The molecule has 1 aromatic carbocycles. The van der Waals surface area contributed by atoms with E-state index < -0.39 is 0 Å². The van der Waals surface area contributed by atoms with E-state index in [1.807, 2.05) is 66.9 Å². The third-order valence-electron chi connectivity index (χ3n) is 3.47. The van der Waals surface area contributed by atoms with Crippen molar-refractivity contribution in [2.24, 2.45) is 0 Å². The molecule has 2 aromatic heterocycles. The van der Waals surface area contributed by atoms with Crippen LogP contribution in [0.5, 0.6) is 0 Å². The molecule has 2 heterocycles. The second kappa shape index (κ2) is 4.82. The lowest BCUT2D eigenvalue weighted by molar-refractivity contribution is 0.899. The molecule has 98 valence electrons. The number of nitriles is 1. The number of pyridine rings is 1. The molecular formula is C17H15N3. The Kier molecular flexibility index (Phi) is 3.00. The summed E-state index contributed by atoms with van der Waals surface area (Å²) in [5.74, 6) is -0.206. The lowest BCUT2D eigenvalue weighted by atomic mass is 10.0. The molecule has 0 spiro atoms. The standard InChI is InChI=1S/C17H15N3/c1-12-8-9-20-15(10-12)19-16(17(20)13(2)11-18)14-6-4-3-5-7-14/h3-10,13H,1-2H3. The summed E-state index contributed by atoms with van der Waals surface area (Å²) in [5.41, 5.74) is 4.95. The highest BCUT2D eigenvalue weighted by molar-refractivity contribution is 5.68. The summed E-state index contributed by atoms with van der Waals surface area (Å²) in [6.45, 7) is 3.96. The minimum Gasteiger partial charge on any atom is -0.302 e. The fourth-order valence-electron chi connectivity index (χ4n) is 2.45. The Hall–Kier alpha value is -2.60. The highest BCUT2D eigenvalue weighted by Gasteiger charge is 2.18. The van der Waals surface area contributed by atoms with Crippen molar-refractivity contribution in [1.82, 2.24) is 9.38 Å². The van der Waals surface area contributed by atoms with Crippen molar-refractivity contribution in [2.75, 3.05) is 0 Å². The Morgan fingerprint density at radius 3 is 2.65 bits per heavy atom. The quantitative estimate of drug-likeness (QED) is 0.701. The molecule has 3 nitrogen and oxygen atoms in total. The van der Waals surface area contributed by atoms with Crippen LogP contribution in [0.2, 0.25) is 0 Å². The molecule has 0 amide bonds. The summed E-state index contributed by atoms with van der Waals surface area (Å²) in [6, 6.07) is 16.4. The van der Waals surface area contributed by atoms with E-state index in [9.17, 15) is 5.26 Å². The van der Waals surface area contributed by atoms with Crippen LogP contribution in [0.4, 0.5) is 0 Å². The first-order valence-corrected chi connectivity index (χ1v) is 6.64. The largest absolute Gasteiger partial charge is 0.302 e. The number of rotatable bonds is 2. The summed E-state index contributed by atoms with van der Waals surface area (Å²) in [7, 11) is 0. The second-order valence-electron chi connectivity index (χ2n) is 4.99. The van der Waals surface area contributed by atoms with Crippen LogP contribution in [0.15, 0.2) is 48.7 Å². The fourth-order valence-corrected chi connectivity index (χ4v) is 2.45. The van der Waals surface area contributed by atoms with Gasteiger partial charge in [-0.2, -0.15) is 5.26 Å². The van der Waals surface area contributed by atoms with E-state index in [4.69, 9.17) is 4.98 Å². The molecule has 0 radical (unpaired) electrons. The Labute approximate surface area is 118 Å². The van der Waals surface area contributed by atoms with Gasteiger partial charge in [-0.05, 0) is 31.5 Å². The number of aryl methyl sites for hydroxylation is 1. The number of imidazole rings is 1.